The van der Waals surface area contributed by atoms with Crippen molar-refractivity contribution in [1.82, 2.24) is 14.2 Å². The van der Waals surface area contributed by atoms with Crippen molar-refractivity contribution in [2.24, 2.45) is 5.92 Å². The predicted octanol–water partition coefficient (Wildman–Crippen LogP) is 3.19. The average molecular weight is 500 g/mol. The van der Waals surface area contributed by atoms with Crippen LogP contribution in [0.5, 0.6) is 5.75 Å². The van der Waals surface area contributed by atoms with Gasteiger partial charge in [0.25, 0.3) is 5.91 Å². The molecular formula is C26H33N3O5S. The summed E-state index contributed by atoms with van der Waals surface area (Å²) in [5.74, 6) is -0.149. The number of hydrogen-bond acceptors (Lipinski definition) is 6. The van der Waals surface area contributed by atoms with Crippen LogP contribution < -0.4 is 4.74 Å². The second-order valence-electron chi connectivity index (χ2n) is 9.45. The van der Waals surface area contributed by atoms with E-state index in [1.165, 1.54) is 16.1 Å². The molecule has 0 saturated carbocycles. The third kappa shape index (κ3) is 5.27. The maximum absolute atomic E-state index is 13.6. The number of aromatic nitrogens is 1. The van der Waals surface area contributed by atoms with Crippen molar-refractivity contribution in [3.8, 4) is 5.75 Å². The molecule has 1 aliphatic carbocycles. The number of benzene rings is 1. The molecule has 188 valence electrons. The van der Waals surface area contributed by atoms with Crippen molar-refractivity contribution in [3.05, 3.63) is 59.9 Å². The minimum absolute atomic E-state index is 0.0817. The van der Waals surface area contributed by atoms with Gasteiger partial charge in [-0.05, 0) is 61.6 Å². The Morgan fingerprint density at radius 2 is 2.14 bits per heavy atom. The van der Waals surface area contributed by atoms with Gasteiger partial charge in [-0.2, -0.15) is 4.31 Å². The number of aliphatic hydroxyl groups is 1. The molecule has 2 aromatic rings. The summed E-state index contributed by atoms with van der Waals surface area (Å²) in [5, 5.41) is 9.81. The monoisotopic (exact) mass is 499 g/mol. The van der Waals surface area contributed by atoms with Gasteiger partial charge in [-0.25, -0.2) is 8.42 Å². The van der Waals surface area contributed by atoms with Crippen LogP contribution in [0.25, 0.3) is 5.57 Å². The van der Waals surface area contributed by atoms with Crippen LogP contribution in [0.1, 0.15) is 49.0 Å². The Morgan fingerprint density at radius 3 is 2.80 bits per heavy atom. The first-order chi connectivity index (χ1) is 16.7. The highest BCUT2D eigenvalue weighted by Gasteiger charge is 2.38. The normalized spacial score (nSPS) is 22.8. The maximum Gasteiger partial charge on any atom is 0.255 e. The highest BCUT2D eigenvalue weighted by atomic mass is 32.2. The Hall–Kier alpha value is -2.75. The second kappa shape index (κ2) is 10.5. The van der Waals surface area contributed by atoms with Gasteiger partial charge in [-0.1, -0.05) is 19.1 Å². The van der Waals surface area contributed by atoms with Crippen LogP contribution in [-0.2, 0) is 10.0 Å². The number of likely N-dealkylation sites (N-methyl/N-ethyl adjacent to an activating group) is 1. The molecule has 1 amide bonds. The van der Waals surface area contributed by atoms with Crippen LogP contribution in [0.15, 0.2) is 53.7 Å². The largest absolute Gasteiger partial charge is 0.487 e. The molecular weight excluding hydrogens is 466 g/mol. The number of pyridine rings is 1. The molecule has 4 rings (SSSR count). The third-order valence-electron chi connectivity index (χ3n) is 6.79. The summed E-state index contributed by atoms with van der Waals surface area (Å²) >= 11 is 0. The number of sulfonamides is 1. The molecule has 1 aromatic carbocycles. The van der Waals surface area contributed by atoms with Crippen LogP contribution in [0.3, 0.4) is 0 Å². The minimum atomic E-state index is -3.90. The summed E-state index contributed by atoms with van der Waals surface area (Å²) in [5.41, 5.74) is 2.61. The van der Waals surface area contributed by atoms with Crippen molar-refractivity contribution >= 4 is 21.5 Å². The second-order valence-corrected chi connectivity index (χ2v) is 11.3. The molecule has 0 radical (unpaired) electrons. The molecule has 1 aliphatic heterocycles. The smallest absolute Gasteiger partial charge is 0.255 e. The number of fused-ring (bicyclic) bond motifs is 1. The number of rotatable bonds is 6. The van der Waals surface area contributed by atoms with Gasteiger partial charge in [0.15, 0.2) is 0 Å². The molecule has 8 nitrogen and oxygen atoms in total. The Morgan fingerprint density at radius 1 is 1.34 bits per heavy atom. The van der Waals surface area contributed by atoms with Gasteiger partial charge in [0.2, 0.25) is 10.0 Å². The van der Waals surface area contributed by atoms with Crippen molar-refractivity contribution in [3.63, 3.8) is 0 Å². The lowest BCUT2D eigenvalue weighted by molar-refractivity contribution is 0.0563. The average Bonchev–Trinajstić information content (AvgIpc) is 3.40. The van der Waals surface area contributed by atoms with Crippen LogP contribution in [0.2, 0.25) is 0 Å². The fourth-order valence-electron chi connectivity index (χ4n) is 4.64. The van der Waals surface area contributed by atoms with Gasteiger partial charge in [-0.15, -0.1) is 0 Å². The summed E-state index contributed by atoms with van der Waals surface area (Å²) < 4.78 is 35.0. The fraction of sp³-hybridized carbons (Fsp3) is 0.462. The van der Waals surface area contributed by atoms with E-state index in [1.807, 2.05) is 13.0 Å². The molecule has 0 saturated heterocycles. The standard InChI is InChI=1S/C26H33N3O5S/c1-18-15-29(19(2)17-30)35(32,33)25-11-10-21(20-7-4-5-8-20)13-23(25)34-24(18)16-28(3)26(31)22-9-6-12-27-14-22/h6-7,9-14,18-19,24,30H,4-5,8,15-17H2,1-3H3/t18-,19-,24+/m1/s1. The number of amides is 1. The first kappa shape index (κ1) is 25.3. The van der Waals surface area contributed by atoms with Gasteiger partial charge in [-0.3, -0.25) is 9.78 Å². The SMILES string of the molecule is C[C@@H]1CN([C@H](C)CO)S(=O)(=O)c2ccc(C3=CCCC3)cc2O[C@H]1CN(C)C(=O)c1cccnc1. The van der Waals surface area contributed by atoms with Gasteiger partial charge in [0.05, 0.1) is 18.7 Å². The first-order valence-electron chi connectivity index (χ1n) is 12.0. The number of allylic oxidation sites excluding steroid dienone is 2. The first-order valence-corrected chi connectivity index (χ1v) is 13.4. The Balaban J connectivity index is 1.72. The van der Waals surface area contributed by atoms with Gasteiger partial charge in [0.1, 0.15) is 16.7 Å². The van der Waals surface area contributed by atoms with Crippen LogP contribution in [0, 0.1) is 5.92 Å². The Labute approximate surface area is 207 Å². The molecule has 1 aromatic heterocycles. The summed E-state index contributed by atoms with van der Waals surface area (Å²) in [6.07, 6.45) is 7.89. The maximum atomic E-state index is 13.6. The molecule has 3 atom stereocenters. The molecule has 0 spiro atoms. The Bertz CT molecular complexity index is 1200. The lowest BCUT2D eigenvalue weighted by Gasteiger charge is -2.37. The summed E-state index contributed by atoms with van der Waals surface area (Å²) in [4.78, 5) is 18.6. The molecule has 0 unspecified atom stereocenters. The predicted molar refractivity (Wildman–Crippen MR) is 133 cm³/mol. The number of nitrogens with zero attached hydrogens (tertiary/aromatic N) is 3. The molecule has 1 N–H and O–H groups in total. The van der Waals surface area contributed by atoms with E-state index in [2.05, 4.69) is 11.1 Å². The highest BCUT2D eigenvalue weighted by molar-refractivity contribution is 7.89. The minimum Gasteiger partial charge on any atom is -0.487 e. The Kier molecular flexibility index (Phi) is 7.59. The van der Waals surface area contributed by atoms with E-state index < -0.39 is 22.2 Å². The number of hydrogen-bond donors (Lipinski definition) is 1. The molecule has 35 heavy (non-hydrogen) atoms. The van der Waals surface area contributed by atoms with E-state index in [0.717, 1.165) is 24.8 Å². The van der Waals surface area contributed by atoms with E-state index in [0.29, 0.717) is 5.56 Å². The van der Waals surface area contributed by atoms with Crippen LogP contribution in [-0.4, -0.2) is 72.5 Å². The van der Waals surface area contributed by atoms with E-state index in [9.17, 15) is 18.3 Å². The zero-order valence-electron chi connectivity index (χ0n) is 20.4. The molecule has 2 aliphatic rings. The molecule has 0 fully saturated rings. The van der Waals surface area contributed by atoms with Crippen molar-refractivity contribution in [1.29, 1.82) is 0 Å². The van der Waals surface area contributed by atoms with E-state index >= 15 is 0 Å². The molecule has 2 heterocycles. The summed E-state index contributed by atoms with van der Waals surface area (Å²) in [6, 6.07) is 8.07. The summed E-state index contributed by atoms with van der Waals surface area (Å²) in [6.45, 7) is 3.74. The number of carbonyl (C=O) groups excluding carboxylic acids is 1. The van der Waals surface area contributed by atoms with Crippen LogP contribution >= 0.6 is 0 Å². The number of ether oxygens (including phenoxy) is 1. The van der Waals surface area contributed by atoms with E-state index in [4.69, 9.17) is 4.74 Å². The highest BCUT2D eigenvalue weighted by Crippen LogP contribution is 2.37. The lowest BCUT2D eigenvalue weighted by Crippen LogP contribution is -2.50. The molecule has 9 heteroatoms. The zero-order valence-corrected chi connectivity index (χ0v) is 21.2. The van der Waals surface area contributed by atoms with Crippen molar-refractivity contribution in [2.45, 2.75) is 50.2 Å². The van der Waals surface area contributed by atoms with Gasteiger partial charge >= 0.3 is 0 Å². The lowest BCUT2D eigenvalue weighted by atomic mass is 10.0. The van der Waals surface area contributed by atoms with Gasteiger partial charge in [0, 0.05) is 37.9 Å². The fourth-order valence-corrected chi connectivity index (χ4v) is 6.46. The van der Waals surface area contributed by atoms with Crippen molar-refractivity contribution in [2.75, 3.05) is 26.7 Å². The van der Waals surface area contributed by atoms with Gasteiger partial charge < -0.3 is 14.7 Å². The van der Waals surface area contributed by atoms with E-state index in [1.54, 1.807) is 49.3 Å². The third-order valence-corrected chi connectivity index (χ3v) is 8.81. The summed E-state index contributed by atoms with van der Waals surface area (Å²) in [7, 11) is -2.19. The quantitative estimate of drug-likeness (QED) is 0.655. The van der Waals surface area contributed by atoms with Crippen molar-refractivity contribution < 1.29 is 23.1 Å². The van der Waals surface area contributed by atoms with E-state index in [-0.39, 0.29) is 42.2 Å². The number of aliphatic hydroxyl groups excluding tert-OH is 1. The number of carbonyl (C=O) groups is 1. The zero-order chi connectivity index (χ0) is 25.2. The van der Waals surface area contributed by atoms with Crippen LogP contribution in [0.4, 0.5) is 0 Å². The molecule has 0 bridgehead atoms. The topological polar surface area (TPSA) is 100 Å².